The highest BCUT2D eigenvalue weighted by Crippen LogP contribution is 2.41. The van der Waals surface area contributed by atoms with E-state index in [2.05, 4.69) is 410 Å². The van der Waals surface area contributed by atoms with Crippen LogP contribution in [0.1, 0.15) is 0 Å². The van der Waals surface area contributed by atoms with Crippen molar-refractivity contribution in [2.45, 2.75) is 0 Å². The van der Waals surface area contributed by atoms with E-state index >= 15 is 0 Å². The van der Waals surface area contributed by atoms with Gasteiger partial charge in [0.05, 0.1) is 0 Å². The number of rotatable bonds is 15. The topological polar surface area (TPSA) is 6.48 Å². The first kappa shape index (κ1) is 57.6. The lowest BCUT2D eigenvalue weighted by Gasteiger charge is -2.26. The van der Waals surface area contributed by atoms with Crippen molar-refractivity contribution in [1.82, 2.24) is 0 Å². The lowest BCUT2D eigenvalue weighted by molar-refractivity contribution is 1.28. The summed E-state index contributed by atoms with van der Waals surface area (Å²) in [7, 11) is 0. The van der Waals surface area contributed by atoms with E-state index in [1.807, 2.05) is 0 Å². The molecule has 0 aliphatic heterocycles. The molecule has 0 amide bonds. The molecule has 0 unspecified atom stereocenters. The van der Waals surface area contributed by atoms with E-state index in [-0.39, 0.29) is 0 Å². The maximum absolute atomic E-state index is 2.34. The molecule has 0 aliphatic carbocycles. The van der Waals surface area contributed by atoms with Gasteiger partial charge in [0.25, 0.3) is 0 Å². The van der Waals surface area contributed by atoms with Crippen LogP contribution in [0.25, 0.3) is 100 Å². The Kier molecular flexibility index (Phi) is 17.2. The highest BCUT2D eigenvalue weighted by atomic mass is 15.1. The second-order valence-electron chi connectivity index (χ2n) is 22.9. The maximum Gasteiger partial charge on any atom is 0.0462 e. The molecule has 0 saturated heterocycles. The third-order valence-electron chi connectivity index (χ3n) is 17.0. The normalized spacial score (nSPS) is 10.8. The average molecular weight is 1180 g/mol. The van der Waals surface area contributed by atoms with Crippen LogP contribution in [0.15, 0.2) is 400 Å². The van der Waals surface area contributed by atoms with E-state index in [1.165, 1.54) is 100 Å². The molecule has 15 rings (SSSR count). The number of anilines is 6. The predicted molar refractivity (Wildman–Crippen MR) is 391 cm³/mol. The molecule has 436 valence electrons. The zero-order chi connectivity index (χ0) is 61.7. The summed E-state index contributed by atoms with van der Waals surface area (Å²) in [6.07, 6.45) is 0. The summed E-state index contributed by atoms with van der Waals surface area (Å²) in [5.41, 5.74) is 28.4. The summed E-state index contributed by atoms with van der Waals surface area (Å²) in [6, 6.07) is 143. The van der Waals surface area contributed by atoms with Gasteiger partial charge in [-0.15, -0.1) is 0 Å². The Morgan fingerprint density at radius 1 is 0.0978 bits per heavy atom. The molecule has 15 aromatic rings. The van der Waals surface area contributed by atoms with Crippen molar-refractivity contribution < 1.29 is 0 Å². The smallest absolute Gasteiger partial charge is 0.0462 e. The van der Waals surface area contributed by atoms with E-state index in [0.29, 0.717) is 0 Å². The van der Waals surface area contributed by atoms with Crippen LogP contribution in [0.3, 0.4) is 0 Å². The molecule has 92 heavy (non-hydrogen) atoms. The first-order valence-electron chi connectivity index (χ1n) is 31.4. The van der Waals surface area contributed by atoms with E-state index in [9.17, 15) is 0 Å². The fourth-order valence-electron chi connectivity index (χ4n) is 12.1. The monoisotopic (exact) mass is 1170 g/mol. The summed E-state index contributed by atoms with van der Waals surface area (Å²) in [4.78, 5) is 4.66. The molecule has 0 bridgehead atoms. The zero-order valence-corrected chi connectivity index (χ0v) is 51.0. The fraction of sp³-hybridized carbons (Fsp3) is 0. The predicted octanol–water partition coefficient (Wildman–Crippen LogP) is 25.3. The van der Waals surface area contributed by atoms with Gasteiger partial charge in [0.15, 0.2) is 0 Å². The summed E-state index contributed by atoms with van der Waals surface area (Å²) in [6.45, 7) is 0. The summed E-state index contributed by atoms with van der Waals surface area (Å²) < 4.78 is 0. The lowest BCUT2D eigenvalue weighted by Crippen LogP contribution is -2.09. The maximum atomic E-state index is 2.34. The van der Waals surface area contributed by atoms with Crippen molar-refractivity contribution in [3.8, 4) is 100 Å². The van der Waals surface area contributed by atoms with Crippen molar-refractivity contribution in [2.24, 2.45) is 0 Å². The van der Waals surface area contributed by atoms with Crippen molar-refractivity contribution in [2.75, 3.05) is 9.80 Å². The number of hydrogen-bond acceptors (Lipinski definition) is 2. The molecule has 2 heteroatoms. The van der Waals surface area contributed by atoms with Crippen LogP contribution in [-0.2, 0) is 0 Å². The van der Waals surface area contributed by atoms with Crippen LogP contribution in [0, 0.1) is 0 Å². The van der Waals surface area contributed by atoms with Crippen LogP contribution in [0.2, 0.25) is 0 Å². The second-order valence-corrected chi connectivity index (χ2v) is 22.9. The van der Waals surface area contributed by atoms with Gasteiger partial charge in [0, 0.05) is 34.1 Å². The minimum atomic E-state index is 1.11. The van der Waals surface area contributed by atoms with Gasteiger partial charge in [-0.3, -0.25) is 0 Å². The average Bonchev–Trinajstić information content (AvgIpc) is 1.04. The van der Waals surface area contributed by atoms with E-state index in [1.54, 1.807) is 0 Å². The number of hydrogen-bond donors (Lipinski definition) is 0. The largest absolute Gasteiger partial charge is 0.311 e. The minimum Gasteiger partial charge on any atom is -0.311 e. The van der Waals surface area contributed by atoms with Crippen LogP contribution in [0.5, 0.6) is 0 Å². The summed E-state index contributed by atoms with van der Waals surface area (Å²) >= 11 is 0. The molecule has 15 aromatic carbocycles. The first-order chi connectivity index (χ1) is 45.6. The molecule has 0 atom stereocenters. The van der Waals surface area contributed by atoms with Crippen molar-refractivity contribution in [3.63, 3.8) is 0 Å². The molecule has 0 aromatic heterocycles. The Balaban J connectivity index is 0.000000161. The van der Waals surface area contributed by atoms with Gasteiger partial charge in [0.1, 0.15) is 0 Å². The Bertz CT molecular complexity index is 4600. The minimum absolute atomic E-state index is 1.11. The molecule has 0 aliphatic rings. The van der Waals surface area contributed by atoms with Crippen molar-refractivity contribution in [3.05, 3.63) is 400 Å². The van der Waals surface area contributed by atoms with E-state index in [4.69, 9.17) is 0 Å². The van der Waals surface area contributed by atoms with Gasteiger partial charge in [-0.25, -0.2) is 0 Å². The van der Waals surface area contributed by atoms with Gasteiger partial charge in [-0.2, -0.15) is 0 Å². The number of nitrogens with zero attached hydrogens (tertiary/aromatic N) is 2. The lowest BCUT2D eigenvalue weighted by atomic mass is 9.98. The van der Waals surface area contributed by atoms with Gasteiger partial charge >= 0.3 is 0 Å². The third kappa shape index (κ3) is 13.3. The molecule has 2 nitrogen and oxygen atoms in total. The molecule has 0 radical (unpaired) electrons. The van der Waals surface area contributed by atoms with Crippen molar-refractivity contribution in [1.29, 1.82) is 0 Å². The second kappa shape index (κ2) is 27.5. The third-order valence-corrected chi connectivity index (χ3v) is 17.0. The standard InChI is InChI=1S/C48H35N.C42H31N/c1-4-12-36(13-5-1)39-22-28-46(29-23-39)49(47-30-24-40(25-31-47)44-20-10-18-42(34-44)37-14-6-2-7-15-37)48-32-26-41(27-33-48)45-21-11-19-43(35-45)38-16-8-3-9-17-38;1-4-11-32(12-5-1)35-19-25-40(26-20-35)43(41-27-21-36(22-28-41)33-13-6-2-7-14-33)42-29-23-37(24-30-42)39-18-10-17-38(31-39)34-15-8-3-9-16-34/h1-35H;1-31H. The van der Waals surface area contributed by atoms with E-state index < -0.39 is 0 Å². The summed E-state index contributed by atoms with van der Waals surface area (Å²) in [5, 5.41) is 0. The van der Waals surface area contributed by atoms with Gasteiger partial charge in [0.2, 0.25) is 0 Å². The van der Waals surface area contributed by atoms with Gasteiger partial charge in [-0.1, -0.05) is 309 Å². The molecule has 0 heterocycles. The molecule has 0 N–H and O–H groups in total. The van der Waals surface area contributed by atoms with Crippen LogP contribution in [0.4, 0.5) is 34.1 Å². The Labute approximate surface area is 541 Å². The molecule has 0 saturated carbocycles. The fourth-order valence-corrected chi connectivity index (χ4v) is 12.1. The van der Waals surface area contributed by atoms with Crippen LogP contribution >= 0.6 is 0 Å². The molecular formula is C90H66N2. The highest BCUT2D eigenvalue weighted by molar-refractivity contribution is 5.85. The Morgan fingerprint density at radius 2 is 0.217 bits per heavy atom. The molecule has 0 fully saturated rings. The highest BCUT2D eigenvalue weighted by Gasteiger charge is 2.17. The Morgan fingerprint density at radius 3 is 0.380 bits per heavy atom. The van der Waals surface area contributed by atoms with Gasteiger partial charge < -0.3 is 9.80 Å². The molecule has 0 spiro atoms. The molecular weight excluding hydrogens is 1110 g/mol. The summed E-state index contributed by atoms with van der Waals surface area (Å²) in [5.74, 6) is 0. The van der Waals surface area contributed by atoms with E-state index in [0.717, 1.165) is 34.1 Å². The zero-order valence-electron chi connectivity index (χ0n) is 51.0. The number of benzene rings is 15. The quantitative estimate of drug-likeness (QED) is 0.101. The SMILES string of the molecule is c1ccc(-c2ccc(N(c3ccc(-c4cccc(-c5ccccc5)c4)cc3)c3ccc(-c4cccc(-c5ccccc5)c4)cc3)cc2)cc1.c1ccc(-c2ccc(N(c3ccc(-c4ccccc4)cc3)c3ccc(-c4cccc(-c5ccccc5)c4)cc3)cc2)cc1. The Hall–Kier alpha value is -12.1. The first-order valence-corrected chi connectivity index (χ1v) is 31.4. The van der Waals surface area contributed by atoms with Gasteiger partial charge in [-0.05, 0) is 191 Å². The van der Waals surface area contributed by atoms with Crippen LogP contribution < -0.4 is 9.80 Å². The van der Waals surface area contributed by atoms with Crippen LogP contribution in [-0.4, -0.2) is 0 Å². The van der Waals surface area contributed by atoms with Crippen molar-refractivity contribution >= 4 is 34.1 Å².